The lowest BCUT2D eigenvalue weighted by molar-refractivity contribution is -0.138. The largest absolute Gasteiger partial charge is 0.486 e. The second-order valence-electron chi connectivity index (χ2n) is 8.21. The van der Waals surface area contributed by atoms with Crippen molar-refractivity contribution in [3.63, 3.8) is 0 Å². The van der Waals surface area contributed by atoms with Gasteiger partial charge in [-0.05, 0) is 41.8 Å². The fraction of sp³-hybridized carbons (Fsp3) is 0.375. The van der Waals surface area contributed by atoms with E-state index in [0.29, 0.717) is 11.3 Å². The standard InChI is InChI=1S/C24H23F2N3O4/c25-19-10-18(19)24(32)28-17-3-1-2-14(9-17)15-4-5-21(16(8-15)11-27)33-22-6-7-29(12-20(22)26)23(31)13-30/h1-5,8-9,18-20,22,30H,6-7,10,12-13H2,(H,28,32)/t18-,19+,20+,22-/m0/s1. The van der Waals surface area contributed by atoms with Crippen molar-refractivity contribution in [2.45, 2.75) is 31.3 Å². The predicted octanol–water partition coefficient (Wildman–Crippen LogP) is 2.83. The van der Waals surface area contributed by atoms with Gasteiger partial charge in [-0.3, -0.25) is 9.59 Å². The molecule has 0 aromatic heterocycles. The average Bonchev–Trinajstić information content (AvgIpc) is 3.57. The summed E-state index contributed by atoms with van der Waals surface area (Å²) in [5.74, 6) is -1.24. The molecule has 1 aliphatic carbocycles. The van der Waals surface area contributed by atoms with Crippen molar-refractivity contribution in [3.8, 4) is 22.9 Å². The predicted molar refractivity (Wildman–Crippen MR) is 116 cm³/mol. The van der Waals surface area contributed by atoms with Crippen LogP contribution in [0.15, 0.2) is 42.5 Å². The number of halogens is 2. The summed E-state index contributed by atoms with van der Waals surface area (Å²) >= 11 is 0. The molecule has 1 saturated carbocycles. The van der Waals surface area contributed by atoms with Gasteiger partial charge in [0.05, 0.1) is 18.0 Å². The van der Waals surface area contributed by atoms with E-state index in [9.17, 15) is 23.6 Å². The maximum absolute atomic E-state index is 14.6. The fourth-order valence-electron chi connectivity index (χ4n) is 3.85. The van der Waals surface area contributed by atoms with Gasteiger partial charge in [-0.15, -0.1) is 0 Å². The number of rotatable bonds is 6. The van der Waals surface area contributed by atoms with Crippen LogP contribution in [0.3, 0.4) is 0 Å². The summed E-state index contributed by atoms with van der Waals surface area (Å²) < 4.78 is 33.4. The molecule has 7 nitrogen and oxygen atoms in total. The molecule has 1 saturated heterocycles. The van der Waals surface area contributed by atoms with Gasteiger partial charge in [0.15, 0.2) is 6.17 Å². The molecule has 4 atom stereocenters. The highest BCUT2D eigenvalue weighted by Crippen LogP contribution is 2.35. The number of alkyl halides is 2. The Morgan fingerprint density at radius 2 is 1.94 bits per heavy atom. The molecule has 0 bridgehead atoms. The third kappa shape index (κ3) is 5.12. The van der Waals surface area contributed by atoms with Crippen molar-refractivity contribution in [2.24, 2.45) is 5.92 Å². The van der Waals surface area contributed by atoms with Gasteiger partial charge in [-0.1, -0.05) is 18.2 Å². The number of likely N-dealkylation sites (tertiary alicyclic amines) is 1. The molecule has 0 radical (unpaired) electrons. The molecule has 1 aliphatic heterocycles. The van der Waals surface area contributed by atoms with Crippen LogP contribution in [0.5, 0.6) is 5.75 Å². The highest BCUT2D eigenvalue weighted by Gasteiger charge is 2.43. The van der Waals surface area contributed by atoms with Crippen LogP contribution >= 0.6 is 0 Å². The zero-order chi connectivity index (χ0) is 23.5. The molecule has 0 unspecified atom stereocenters. The van der Waals surface area contributed by atoms with Gasteiger partial charge in [-0.25, -0.2) is 8.78 Å². The van der Waals surface area contributed by atoms with E-state index in [4.69, 9.17) is 9.84 Å². The Kier molecular flexibility index (Phi) is 6.56. The van der Waals surface area contributed by atoms with Gasteiger partial charge in [-0.2, -0.15) is 5.26 Å². The molecule has 9 heteroatoms. The van der Waals surface area contributed by atoms with E-state index in [-0.39, 0.29) is 43.2 Å². The molecule has 0 spiro atoms. The molecule has 2 aromatic carbocycles. The number of nitriles is 1. The molecular formula is C24H23F2N3O4. The summed E-state index contributed by atoms with van der Waals surface area (Å²) in [6.45, 7) is -0.584. The first-order valence-corrected chi connectivity index (χ1v) is 10.7. The second-order valence-corrected chi connectivity index (χ2v) is 8.21. The number of nitrogens with one attached hydrogen (secondary N) is 1. The zero-order valence-electron chi connectivity index (χ0n) is 17.7. The van der Waals surface area contributed by atoms with Gasteiger partial charge in [0.25, 0.3) is 0 Å². The minimum atomic E-state index is -1.45. The molecule has 2 fully saturated rings. The van der Waals surface area contributed by atoms with Gasteiger partial charge >= 0.3 is 0 Å². The van der Waals surface area contributed by atoms with Crippen LogP contribution in [0, 0.1) is 17.2 Å². The number of carbonyl (C=O) groups excluding carboxylic acids is 2. The third-order valence-corrected chi connectivity index (χ3v) is 5.86. The monoisotopic (exact) mass is 455 g/mol. The molecular weight excluding hydrogens is 432 g/mol. The van der Waals surface area contributed by atoms with E-state index >= 15 is 0 Å². The van der Waals surface area contributed by atoms with E-state index in [2.05, 4.69) is 11.4 Å². The normalized spacial score (nSPS) is 24.0. The maximum atomic E-state index is 14.6. The Balaban J connectivity index is 1.46. The first kappa shape index (κ1) is 22.7. The van der Waals surface area contributed by atoms with Crippen LogP contribution in [-0.4, -0.2) is 60.0 Å². The number of benzene rings is 2. The fourth-order valence-corrected chi connectivity index (χ4v) is 3.85. The third-order valence-electron chi connectivity index (χ3n) is 5.86. The summed E-state index contributed by atoms with van der Waals surface area (Å²) in [4.78, 5) is 24.8. The quantitative estimate of drug-likeness (QED) is 0.697. The number of ether oxygens (including phenoxy) is 1. The van der Waals surface area contributed by atoms with Crippen molar-refractivity contribution in [2.75, 3.05) is 25.0 Å². The minimum Gasteiger partial charge on any atom is -0.486 e. The van der Waals surface area contributed by atoms with Crippen molar-refractivity contribution in [1.82, 2.24) is 4.90 Å². The minimum absolute atomic E-state index is 0.174. The number of hydrogen-bond acceptors (Lipinski definition) is 5. The topological polar surface area (TPSA) is 103 Å². The lowest BCUT2D eigenvalue weighted by atomic mass is 10.0. The van der Waals surface area contributed by atoms with Gasteiger partial charge < -0.3 is 20.1 Å². The number of hydrogen-bond donors (Lipinski definition) is 2. The summed E-state index contributed by atoms with van der Waals surface area (Å²) in [5.41, 5.74) is 2.19. The van der Waals surface area contributed by atoms with Gasteiger partial charge in [0.2, 0.25) is 11.8 Å². The first-order chi connectivity index (χ1) is 15.9. The van der Waals surface area contributed by atoms with Crippen LogP contribution in [0.1, 0.15) is 18.4 Å². The Bertz CT molecular complexity index is 1100. The number of carbonyl (C=O) groups is 2. The van der Waals surface area contributed by atoms with Crippen LogP contribution in [0.2, 0.25) is 0 Å². The number of nitrogens with zero attached hydrogens (tertiary/aromatic N) is 2. The molecule has 4 rings (SSSR count). The molecule has 2 amide bonds. The number of aliphatic hydroxyl groups excluding tert-OH is 1. The molecule has 33 heavy (non-hydrogen) atoms. The summed E-state index contributed by atoms with van der Waals surface area (Å²) in [6, 6.07) is 14.0. The van der Waals surface area contributed by atoms with Gasteiger partial charge in [0.1, 0.15) is 30.7 Å². The van der Waals surface area contributed by atoms with E-state index in [0.717, 1.165) is 5.56 Å². The van der Waals surface area contributed by atoms with Crippen molar-refractivity contribution in [3.05, 3.63) is 48.0 Å². The molecule has 2 aromatic rings. The Labute approximate surface area is 189 Å². The summed E-state index contributed by atoms with van der Waals surface area (Å²) in [7, 11) is 0. The average molecular weight is 455 g/mol. The van der Waals surface area contributed by atoms with Crippen molar-refractivity contribution >= 4 is 17.5 Å². The maximum Gasteiger partial charge on any atom is 0.248 e. The van der Waals surface area contributed by atoms with Crippen molar-refractivity contribution in [1.29, 1.82) is 5.26 Å². The van der Waals surface area contributed by atoms with Crippen LogP contribution in [-0.2, 0) is 9.59 Å². The first-order valence-electron chi connectivity index (χ1n) is 10.7. The Morgan fingerprint density at radius 1 is 1.18 bits per heavy atom. The SMILES string of the molecule is N#Cc1cc(-c2cccc(NC(=O)[C@H]3C[C@H]3F)c2)ccc1O[C@H]1CCN(C(=O)CO)C[C@H]1F. The van der Waals surface area contributed by atoms with Gasteiger partial charge in [0, 0.05) is 18.7 Å². The smallest absolute Gasteiger partial charge is 0.248 e. The lowest BCUT2D eigenvalue weighted by Gasteiger charge is -2.34. The highest BCUT2D eigenvalue weighted by atomic mass is 19.1. The molecule has 2 N–H and O–H groups in total. The van der Waals surface area contributed by atoms with E-state index in [1.54, 1.807) is 36.4 Å². The molecule has 172 valence electrons. The highest BCUT2D eigenvalue weighted by molar-refractivity contribution is 5.95. The van der Waals surface area contributed by atoms with E-state index in [1.165, 1.54) is 4.90 Å². The summed E-state index contributed by atoms with van der Waals surface area (Å²) in [5, 5.41) is 21.3. The Morgan fingerprint density at radius 3 is 2.61 bits per heavy atom. The van der Waals surface area contributed by atoms with Crippen LogP contribution in [0.25, 0.3) is 11.1 Å². The van der Waals surface area contributed by atoms with E-state index in [1.807, 2.05) is 6.07 Å². The van der Waals surface area contributed by atoms with E-state index < -0.39 is 36.9 Å². The molecule has 2 aliphatic rings. The summed E-state index contributed by atoms with van der Waals surface area (Å²) in [6.07, 6.45) is -2.86. The number of amides is 2. The molecule has 1 heterocycles. The lowest BCUT2D eigenvalue weighted by Crippen LogP contribution is -2.50. The Hall–Kier alpha value is -3.51. The second kappa shape index (κ2) is 9.55. The zero-order valence-corrected chi connectivity index (χ0v) is 17.7. The number of anilines is 1. The van der Waals surface area contributed by atoms with Crippen LogP contribution in [0.4, 0.5) is 14.5 Å². The number of piperidine rings is 1. The van der Waals surface area contributed by atoms with Crippen LogP contribution < -0.4 is 10.1 Å². The number of aliphatic hydroxyl groups is 1. The van der Waals surface area contributed by atoms with Crippen molar-refractivity contribution < 1.29 is 28.2 Å².